The maximum atomic E-state index is 12.4. The molecule has 1 fully saturated rings. The Morgan fingerprint density at radius 3 is 2.62 bits per heavy atom. The molecule has 1 saturated heterocycles. The number of piperidine rings is 1. The van der Waals surface area contributed by atoms with Crippen molar-refractivity contribution in [1.82, 2.24) is 15.1 Å². The van der Waals surface area contributed by atoms with Gasteiger partial charge in [-0.2, -0.15) is 5.10 Å². The SMILES string of the molecule is CCCNC(=O)C1CCN(c2cnn(Cc3ccccc3)c(=O)c2)CC1. The molecule has 0 saturated carbocycles. The predicted molar refractivity (Wildman–Crippen MR) is 102 cm³/mol. The molecule has 26 heavy (non-hydrogen) atoms. The van der Waals surface area contributed by atoms with E-state index in [2.05, 4.69) is 22.2 Å². The molecule has 6 nitrogen and oxygen atoms in total. The summed E-state index contributed by atoms with van der Waals surface area (Å²) >= 11 is 0. The lowest BCUT2D eigenvalue weighted by atomic mass is 9.95. The van der Waals surface area contributed by atoms with E-state index in [1.165, 1.54) is 4.68 Å². The molecule has 0 aliphatic carbocycles. The molecule has 2 heterocycles. The van der Waals surface area contributed by atoms with Crippen LogP contribution in [0.5, 0.6) is 0 Å². The third kappa shape index (κ3) is 4.50. The molecule has 0 spiro atoms. The molecule has 1 N–H and O–H groups in total. The summed E-state index contributed by atoms with van der Waals surface area (Å²) in [5.41, 5.74) is 1.79. The number of carbonyl (C=O) groups is 1. The second-order valence-corrected chi connectivity index (χ2v) is 6.75. The van der Waals surface area contributed by atoms with Crippen LogP contribution in [0.25, 0.3) is 0 Å². The van der Waals surface area contributed by atoms with Crippen molar-refractivity contribution in [3.05, 3.63) is 58.5 Å². The van der Waals surface area contributed by atoms with Crippen LogP contribution in [0.1, 0.15) is 31.7 Å². The summed E-state index contributed by atoms with van der Waals surface area (Å²) in [4.78, 5) is 26.6. The number of aromatic nitrogens is 2. The van der Waals surface area contributed by atoms with Gasteiger partial charge in [0.25, 0.3) is 5.56 Å². The summed E-state index contributed by atoms with van der Waals surface area (Å²) < 4.78 is 1.48. The van der Waals surface area contributed by atoms with Crippen LogP contribution in [0.3, 0.4) is 0 Å². The van der Waals surface area contributed by atoms with E-state index in [4.69, 9.17) is 0 Å². The first kappa shape index (κ1) is 18.2. The maximum absolute atomic E-state index is 12.4. The summed E-state index contributed by atoms with van der Waals surface area (Å²) in [7, 11) is 0. The van der Waals surface area contributed by atoms with Crippen molar-refractivity contribution in [3.8, 4) is 0 Å². The van der Waals surface area contributed by atoms with Gasteiger partial charge in [-0.3, -0.25) is 9.59 Å². The molecule has 0 atom stereocenters. The first-order valence-corrected chi connectivity index (χ1v) is 9.31. The number of nitrogens with one attached hydrogen (secondary N) is 1. The van der Waals surface area contributed by atoms with Crippen LogP contribution in [-0.4, -0.2) is 35.3 Å². The molecule has 1 aliphatic rings. The molecule has 6 heteroatoms. The van der Waals surface area contributed by atoms with Gasteiger partial charge >= 0.3 is 0 Å². The Morgan fingerprint density at radius 2 is 1.96 bits per heavy atom. The Bertz CT molecular complexity index is 780. The van der Waals surface area contributed by atoms with Crippen molar-refractivity contribution in [3.63, 3.8) is 0 Å². The number of amides is 1. The van der Waals surface area contributed by atoms with Crippen LogP contribution >= 0.6 is 0 Å². The van der Waals surface area contributed by atoms with Crippen molar-refractivity contribution in [2.75, 3.05) is 24.5 Å². The molecule has 0 unspecified atom stereocenters. The average Bonchev–Trinajstić information content (AvgIpc) is 2.68. The number of carbonyl (C=O) groups excluding carboxylic acids is 1. The van der Waals surface area contributed by atoms with Crippen molar-refractivity contribution in [2.24, 2.45) is 5.92 Å². The van der Waals surface area contributed by atoms with E-state index >= 15 is 0 Å². The second kappa shape index (κ2) is 8.65. The van der Waals surface area contributed by atoms with Gasteiger partial charge in [0.2, 0.25) is 5.91 Å². The third-order valence-electron chi connectivity index (χ3n) is 4.81. The molecule has 1 aromatic heterocycles. The zero-order chi connectivity index (χ0) is 18.4. The van der Waals surface area contributed by atoms with Gasteiger partial charge in [-0.15, -0.1) is 0 Å². The molecular weight excluding hydrogens is 328 g/mol. The minimum absolute atomic E-state index is 0.0733. The number of hydrogen-bond donors (Lipinski definition) is 1. The zero-order valence-electron chi connectivity index (χ0n) is 15.2. The van der Waals surface area contributed by atoms with Gasteiger partial charge in [0, 0.05) is 31.6 Å². The monoisotopic (exact) mass is 354 g/mol. The third-order valence-corrected chi connectivity index (χ3v) is 4.81. The largest absolute Gasteiger partial charge is 0.370 e. The Balaban J connectivity index is 1.60. The van der Waals surface area contributed by atoms with Crippen LogP contribution in [0, 0.1) is 5.92 Å². The highest BCUT2D eigenvalue weighted by Gasteiger charge is 2.25. The van der Waals surface area contributed by atoms with E-state index in [0.29, 0.717) is 6.54 Å². The van der Waals surface area contributed by atoms with E-state index < -0.39 is 0 Å². The summed E-state index contributed by atoms with van der Waals surface area (Å²) in [6, 6.07) is 11.5. The average molecular weight is 354 g/mol. The van der Waals surface area contributed by atoms with Crippen LogP contribution in [0.2, 0.25) is 0 Å². The zero-order valence-corrected chi connectivity index (χ0v) is 15.2. The van der Waals surface area contributed by atoms with Crippen LogP contribution < -0.4 is 15.8 Å². The van der Waals surface area contributed by atoms with Gasteiger partial charge in [0.15, 0.2) is 0 Å². The van der Waals surface area contributed by atoms with Crippen molar-refractivity contribution >= 4 is 11.6 Å². The van der Waals surface area contributed by atoms with Crippen molar-refractivity contribution < 1.29 is 4.79 Å². The maximum Gasteiger partial charge on any atom is 0.269 e. The molecule has 1 amide bonds. The first-order valence-electron chi connectivity index (χ1n) is 9.31. The second-order valence-electron chi connectivity index (χ2n) is 6.75. The molecule has 138 valence electrons. The Kier molecular flexibility index (Phi) is 6.04. The molecule has 1 aliphatic heterocycles. The highest BCUT2D eigenvalue weighted by molar-refractivity contribution is 5.78. The lowest BCUT2D eigenvalue weighted by Gasteiger charge is -2.32. The molecule has 2 aromatic rings. The van der Waals surface area contributed by atoms with Crippen LogP contribution in [-0.2, 0) is 11.3 Å². The van der Waals surface area contributed by atoms with Gasteiger partial charge in [-0.1, -0.05) is 37.3 Å². The fourth-order valence-electron chi connectivity index (χ4n) is 3.26. The minimum Gasteiger partial charge on any atom is -0.370 e. The highest BCUT2D eigenvalue weighted by Crippen LogP contribution is 2.22. The Labute approximate surface area is 153 Å². The van der Waals surface area contributed by atoms with E-state index in [-0.39, 0.29) is 17.4 Å². The van der Waals surface area contributed by atoms with E-state index in [9.17, 15) is 9.59 Å². The number of hydrogen-bond acceptors (Lipinski definition) is 4. The Morgan fingerprint density at radius 1 is 1.23 bits per heavy atom. The van der Waals surface area contributed by atoms with Crippen LogP contribution in [0.15, 0.2) is 47.4 Å². The quantitative estimate of drug-likeness (QED) is 0.862. The lowest BCUT2D eigenvalue weighted by molar-refractivity contribution is -0.125. The summed E-state index contributed by atoms with van der Waals surface area (Å²) in [5.74, 6) is 0.229. The fraction of sp³-hybridized carbons (Fsp3) is 0.450. The number of nitrogens with zero attached hydrogens (tertiary/aromatic N) is 3. The molecule has 0 radical (unpaired) electrons. The van der Waals surface area contributed by atoms with Crippen molar-refractivity contribution in [1.29, 1.82) is 0 Å². The van der Waals surface area contributed by atoms with E-state index in [1.807, 2.05) is 30.3 Å². The minimum atomic E-state index is -0.103. The van der Waals surface area contributed by atoms with E-state index in [0.717, 1.165) is 50.1 Å². The molecular formula is C20H26N4O2. The lowest BCUT2D eigenvalue weighted by Crippen LogP contribution is -2.41. The Hall–Kier alpha value is -2.63. The van der Waals surface area contributed by atoms with Crippen molar-refractivity contribution in [2.45, 2.75) is 32.7 Å². The van der Waals surface area contributed by atoms with Gasteiger partial charge in [-0.05, 0) is 24.8 Å². The smallest absolute Gasteiger partial charge is 0.269 e. The highest BCUT2D eigenvalue weighted by atomic mass is 16.2. The van der Waals surface area contributed by atoms with Gasteiger partial charge in [0.1, 0.15) is 0 Å². The summed E-state index contributed by atoms with van der Waals surface area (Å²) in [5, 5.41) is 7.30. The molecule has 3 rings (SSSR count). The van der Waals surface area contributed by atoms with Gasteiger partial charge in [-0.25, -0.2) is 4.68 Å². The van der Waals surface area contributed by atoms with Crippen LogP contribution in [0.4, 0.5) is 5.69 Å². The first-order chi connectivity index (χ1) is 12.7. The summed E-state index contributed by atoms with van der Waals surface area (Å²) in [6.07, 6.45) is 4.32. The fourth-order valence-corrected chi connectivity index (χ4v) is 3.26. The molecule has 1 aromatic carbocycles. The van der Waals surface area contributed by atoms with E-state index in [1.54, 1.807) is 12.3 Å². The predicted octanol–water partition coefficient (Wildman–Crippen LogP) is 2.03. The standard InChI is InChI=1S/C20H26N4O2/c1-2-10-21-20(26)17-8-11-23(12-9-17)18-13-19(25)24(22-14-18)15-16-6-4-3-5-7-16/h3-7,13-14,17H,2,8-12,15H2,1H3,(H,21,26). The van der Waals surface area contributed by atoms with Gasteiger partial charge in [0.05, 0.1) is 18.4 Å². The van der Waals surface area contributed by atoms with Gasteiger partial charge < -0.3 is 10.2 Å². The number of rotatable bonds is 6. The number of benzene rings is 1. The number of anilines is 1. The summed E-state index contributed by atoms with van der Waals surface area (Å²) in [6.45, 7) is 4.81. The molecule has 0 bridgehead atoms. The normalized spacial score (nSPS) is 15.0. The topological polar surface area (TPSA) is 67.2 Å².